The van der Waals surface area contributed by atoms with Gasteiger partial charge in [0.2, 0.25) is 0 Å². The Balaban J connectivity index is 1.53. The van der Waals surface area contributed by atoms with Crippen molar-refractivity contribution in [2.45, 2.75) is 25.7 Å². The summed E-state index contributed by atoms with van der Waals surface area (Å²) in [7, 11) is 0. The number of amides is 1. The average Bonchev–Trinajstić information content (AvgIpc) is 3.22. The first kappa shape index (κ1) is 14.9. The molecule has 0 aromatic carbocycles. The Bertz CT molecular complexity index is 876. The molecule has 24 heavy (non-hydrogen) atoms. The number of hydrogen-bond donors (Lipinski definition) is 2. The maximum Gasteiger partial charge on any atom is 0.260 e. The van der Waals surface area contributed by atoms with E-state index in [0.29, 0.717) is 17.3 Å². The molecule has 7 nitrogen and oxygen atoms in total. The van der Waals surface area contributed by atoms with Crippen LogP contribution in [0.3, 0.4) is 0 Å². The first-order valence-corrected chi connectivity index (χ1v) is 8.09. The fourth-order valence-electron chi connectivity index (χ4n) is 3.06. The maximum atomic E-state index is 12.5. The predicted molar refractivity (Wildman–Crippen MR) is 89.3 cm³/mol. The third-order valence-corrected chi connectivity index (χ3v) is 4.42. The number of pyridine rings is 1. The number of aromatic nitrogens is 4. The molecule has 0 saturated carbocycles. The Kier molecular flexibility index (Phi) is 3.78. The van der Waals surface area contributed by atoms with E-state index in [4.69, 9.17) is 4.74 Å². The Labute approximate surface area is 139 Å². The van der Waals surface area contributed by atoms with Crippen molar-refractivity contribution in [1.82, 2.24) is 19.8 Å². The summed E-state index contributed by atoms with van der Waals surface area (Å²) in [6.07, 6.45) is 5.38. The lowest BCUT2D eigenvalue weighted by Gasteiger charge is -2.20. The summed E-state index contributed by atoms with van der Waals surface area (Å²) in [6, 6.07) is 5.81. The van der Waals surface area contributed by atoms with E-state index in [1.54, 1.807) is 10.7 Å². The molecule has 2 N–H and O–H groups in total. The number of aryl methyl sites for hydroxylation is 1. The van der Waals surface area contributed by atoms with Crippen LogP contribution >= 0.6 is 0 Å². The van der Waals surface area contributed by atoms with E-state index in [1.807, 2.05) is 31.3 Å². The summed E-state index contributed by atoms with van der Waals surface area (Å²) in [5, 5.41) is 14.3. The quantitative estimate of drug-likeness (QED) is 0.775. The van der Waals surface area contributed by atoms with E-state index in [-0.39, 0.29) is 5.91 Å². The second-order valence-electron chi connectivity index (χ2n) is 6.14. The summed E-state index contributed by atoms with van der Waals surface area (Å²) in [5.41, 5.74) is 3.45. The largest absolute Gasteiger partial charge is 0.381 e. The van der Waals surface area contributed by atoms with Gasteiger partial charge in [-0.1, -0.05) is 0 Å². The van der Waals surface area contributed by atoms with Crippen molar-refractivity contribution < 1.29 is 9.53 Å². The molecule has 1 fully saturated rings. The van der Waals surface area contributed by atoms with Gasteiger partial charge in [0.15, 0.2) is 5.82 Å². The molecule has 0 atom stereocenters. The number of rotatable bonds is 3. The molecule has 1 saturated heterocycles. The van der Waals surface area contributed by atoms with E-state index in [9.17, 15) is 4.79 Å². The zero-order valence-electron chi connectivity index (χ0n) is 13.5. The van der Waals surface area contributed by atoms with Crippen LogP contribution in [-0.4, -0.2) is 38.9 Å². The van der Waals surface area contributed by atoms with Gasteiger partial charge in [-0.25, -0.2) is 4.52 Å². The highest BCUT2D eigenvalue weighted by Gasteiger charge is 2.19. The van der Waals surface area contributed by atoms with Crippen molar-refractivity contribution >= 4 is 17.2 Å². The van der Waals surface area contributed by atoms with Gasteiger partial charge < -0.3 is 10.1 Å². The number of anilines is 1. The highest BCUT2D eigenvalue weighted by molar-refractivity contribution is 6.08. The molecule has 0 bridgehead atoms. The van der Waals surface area contributed by atoms with Crippen molar-refractivity contribution in [3.63, 3.8) is 0 Å². The van der Waals surface area contributed by atoms with Crippen LogP contribution in [0.15, 0.2) is 30.6 Å². The predicted octanol–water partition coefficient (Wildman–Crippen LogP) is 2.51. The number of aromatic amines is 1. The van der Waals surface area contributed by atoms with Gasteiger partial charge in [-0.3, -0.25) is 9.89 Å². The lowest BCUT2D eigenvalue weighted by molar-refractivity contribution is 0.0845. The Morgan fingerprint density at radius 3 is 3.04 bits per heavy atom. The van der Waals surface area contributed by atoms with Gasteiger partial charge in [-0.05, 0) is 37.5 Å². The molecular weight excluding hydrogens is 306 g/mol. The molecule has 7 heteroatoms. The minimum absolute atomic E-state index is 0.208. The van der Waals surface area contributed by atoms with Crippen LogP contribution in [0.2, 0.25) is 0 Å². The van der Waals surface area contributed by atoms with Crippen LogP contribution in [-0.2, 0) is 4.74 Å². The second kappa shape index (κ2) is 6.09. The van der Waals surface area contributed by atoms with Crippen molar-refractivity contribution in [2.24, 2.45) is 0 Å². The Morgan fingerprint density at radius 2 is 2.21 bits per heavy atom. The summed E-state index contributed by atoms with van der Waals surface area (Å²) >= 11 is 0. The molecule has 0 unspecified atom stereocenters. The van der Waals surface area contributed by atoms with Gasteiger partial charge in [0, 0.05) is 37.1 Å². The fourth-order valence-corrected chi connectivity index (χ4v) is 3.06. The molecule has 124 valence electrons. The number of nitrogens with one attached hydrogen (secondary N) is 2. The minimum Gasteiger partial charge on any atom is -0.381 e. The Hall–Kier alpha value is -2.67. The summed E-state index contributed by atoms with van der Waals surface area (Å²) in [5.74, 6) is 0.741. The van der Waals surface area contributed by atoms with Crippen LogP contribution in [0.4, 0.5) is 5.82 Å². The van der Waals surface area contributed by atoms with Crippen molar-refractivity contribution in [1.29, 1.82) is 0 Å². The van der Waals surface area contributed by atoms with Crippen molar-refractivity contribution in [2.75, 3.05) is 18.5 Å². The molecule has 0 radical (unpaired) electrons. The highest BCUT2D eigenvalue weighted by atomic mass is 16.5. The van der Waals surface area contributed by atoms with Crippen molar-refractivity contribution in [3.05, 3.63) is 47.4 Å². The lowest BCUT2D eigenvalue weighted by atomic mass is 9.97. The van der Waals surface area contributed by atoms with Crippen LogP contribution in [0.1, 0.15) is 40.4 Å². The number of H-pyrrole nitrogens is 1. The molecule has 1 aliphatic rings. The monoisotopic (exact) mass is 325 g/mol. The molecular formula is C17H19N5O2. The number of ether oxygens (including phenoxy) is 1. The van der Waals surface area contributed by atoms with Gasteiger partial charge >= 0.3 is 0 Å². The summed E-state index contributed by atoms with van der Waals surface area (Å²) < 4.78 is 7.07. The summed E-state index contributed by atoms with van der Waals surface area (Å²) in [4.78, 5) is 12.5. The third kappa shape index (κ3) is 2.78. The van der Waals surface area contributed by atoms with Gasteiger partial charge in [0.05, 0.1) is 17.3 Å². The summed E-state index contributed by atoms with van der Waals surface area (Å²) in [6.45, 7) is 3.53. The van der Waals surface area contributed by atoms with Gasteiger partial charge in [-0.15, -0.1) is 0 Å². The van der Waals surface area contributed by atoms with E-state index in [2.05, 4.69) is 20.6 Å². The first-order valence-electron chi connectivity index (χ1n) is 8.09. The number of fused-ring (bicyclic) bond motifs is 1. The standard InChI is InChI=1S/C17H19N5O2/c1-11-2-5-22-15(8-11)13(10-18-22)17(23)19-16-9-14(20-21-16)12-3-6-24-7-4-12/h2,5,8-10,12H,3-4,6-7H2,1H3,(H2,19,20,21,23). The molecule has 3 aromatic rings. The number of carbonyl (C=O) groups excluding carboxylic acids is 1. The molecule has 4 rings (SSSR count). The van der Waals surface area contributed by atoms with Crippen molar-refractivity contribution in [3.8, 4) is 0 Å². The van der Waals surface area contributed by atoms with E-state index in [0.717, 1.165) is 42.8 Å². The lowest BCUT2D eigenvalue weighted by Crippen LogP contribution is -2.14. The van der Waals surface area contributed by atoms with E-state index < -0.39 is 0 Å². The number of carbonyl (C=O) groups is 1. The van der Waals surface area contributed by atoms with E-state index >= 15 is 0 Å². The second-order valence-corrected chi connectivity index (χ2v) is 6.14. The molecule has 4 heterocycles. The average molecular weight is 325 g/mol. The smallest absolute Gasteiger partial charge is 0.260 e. The maximum absolute atomic E-state index is 12.5. The topological polar surface area (TPSA) is 84.3 Å². The van der Waals surface area contributed by atoms with Crippen LogP contribution in [0, 0.1) is 6.92 Å². The van der Waals surface area contributed by atoms with Crippen LogP contribution in [0.5, 0.6) is 0 Å². The third-order valence-electron chi connectivity index (χ3n) is 4.42. The number of hydrogen-bond acceptors (Lipinski definition) is 4. The van der Waals surface area contributed by atoms with Gasteiger partial charge in [0.1, 0.15) is 0 Å². The van der Waals surface area contributed by atoms with E-state index in [1.165, 1.54) is 0 Å². The molecule has 0 aliphatic carbocycles. The van der Waals surface area contributed by atoms with Crippen LogP contribution < -0.4 is 5.32 Å². The normalized spacial score (nSPS) is 15.7. The zero-order chi connectivity index (χ0) is 16.5. The fraction of sp³-hybridized carbons (Fsp3) is 0.353. The highest BCUT2D eigenvalue weighted by Crippen LogP contribution is 2.26. The van der Waals surface area contributed by atoms with Crippen LogP contribution in [0.25, 0.3) is 5.52 Å². The molecule has 1 amide bonds. The van der Waals surface area contributed by atoms with Gasteiger partial charge in [-0.2, -0.15) is 10.2 Å². The number of nitrogens with zero attached hydrogens (tertiary/aromatic N) is 3. The zero-order valence-corrected chi connectivity index (χ0v) is 13.5. The molecule has 3 aromatic heterocycles. The van der Waals surface area contributed by atoms with Gasteiger partial charge in [0.25, 0.3) is 5.91 Å². The molecule has 1 aliphatic heterocycles. The molecule has 0 spiro atoms. The Morgan fingerprint density at radius 1 is 1.38 bits per heavy atom. The minimum atomic E-state index is -0.208. The SMILES string of the molecule is Cc1ccn2ncc(C(=O)Nc3cc(C4CCOCC4)[nH]n3)c2c1. The first-order chi connectivity index (χ1) is 11.7.